The molecule has 3 rings (SSSR count). The SMILES string of the molecule is CC(Cl)C(=O)Nc1c(Cl)ccc2nc(N3CC[C@@H](O[Si](C)(C)C(C)(C)C)C3)ccc12. The van der Waals surface area contributed by atoms with Crippen LogP contribution in [0.4, 0.5) is 11.5 Å². The van der Waals surface area contributed by atoms with Crippen LogP contribution in [0.15, 0.2) is 24.3 Å². The van der Waals surface area contributed by atoms with Crippen LogP contribution in [0.25, 0.3) is 10.9 Å². The number of rotatable bonds is 5. The first-order valence-corrected chi connectivity index (χ1v) is 14.1. The van der Waals surface area contributed by atoms with Crippen LogP contribution in [0.1, 0.15) is 34.1 Å². The van der Waals surface area contributed by atoms with Gasteiger partial charge in [0.15, 0.2) is 8.32 Å². The first-order chi connectivity index (χ1) is 13.9. The Balaban J connectivity index is 1.80. The number of halogens is 2. The van der Waals surface area contributed by atoms with Crippen LogP contribution >= 0.6 is 23.2 Å². The zero-order valence-electron chi connectivity index (χ0n) is 18.6. The highest BCUT2D eigenvalue weighted by Gasteiger charge is 2.40. The number of alkyl halides is 1. The smallest absolute Gasteiger partial charge is 0.242 e. The van der Waals surface area contributed by atoms with Crippen molar-refractivity contribution in [2.24, 2.45) is 0 Å². The molecule has 1 aliphatic rings. The standard InChI is InChI=1S/C22H31Cl2N3O2Si/c1-14(23)21(28)26-20-16-7-10-19(25-18(16)9-8-17(20)24)27-12-11-15(13-27)29-30(5,6)22(2,3)4/h7-10,14-15H,11-13H2,1-6H3,(H,26,28)/t14?,15-/m1/s1. The molecule has 1 N–H and O–H groups in total. The highest BCUT2D eigenvalue weighted by atomic mass is 35.5. The van der Waals surface area contributed by atoms with E-state index in [0.29, 0.717) is 10.7 Å². The highest BCUT2D eigenvalue weighted by Crippen LogP contribution is 2.39. The van der Waals surface area contributed by atoms with Gasteiger partial charge in [0.25, 0.3) is 0 Å². The van der Waals surface area contributed by atoms with Crippen LogP contribution in [0, 0.1) is 0 Å². The van der Waals surface area contributed by atoms with Crippen molar-refractivity contribution in [1.82, 2.24) is 4.98 Å². The predicted octanol–water partition coefficient (Wildman–Crippen LogP) is 6.05. The van der Waals surface area contributed by atoms with Crippen molar-refractivity contribution in [3.05, 3.63) is 29.3 Å². The minimum atomic E-state index is -1.80. The molecule has 1 aliphatic heterocycles. The molecule has 8 heteroatoms. The first kappa shape index (κ1) is 23.3. The first-order valence-electron chi connectivity index (χ1n) is 10.4. The number of anilines is 2. The quantitative estimate of drug-likeness (QED) is 0.429. The van der Waals surface area contributed by atoms with Crippen molar-refractivity contribution < 1.29 is 9.22 Å². The van der Waals surface area contributed by atoms with Crippen molar-refractivity contribution >= 4 is 59.8 Å². The van der Waals surface area contributed by atoms with E-state index in [1.54, 1.807) is 13.0 Å². The molecule has 2 heterocycles. The highest BCUT2D eigenvalue weighted by molar-refractivity contribution is 6.74. The molecular weight excluding hydrogens is 437 g/mol. The lowest BCUT2D eigenvalue weighted by atomic mass is 10.1. The second-order valence-corrected chi connectivity index (χ2v) is 15.3. The van der Waals surface area contributed by atoms with Crippen LogP contribution in [0.2, 0.25) is 23.2 Å². The predicted molar refractivity (Wildman–Crippen MR) is 130 cm³/mol. The molecule has 0 spiro atoms. The topological polar surface area (TPSA) is 54.5 Å². The third-order valence-electron chi connectivity index (χ3n) is 6.15. The number of benzene rings is 1. The summed E-state index contributed by atoms with van der Waals surface area (Å²) < 4.78 is 6.60. The summed E-state index contributed by atoms with van der Waals surface area (Å²) in [6, 6.07) is 7.57. The third-order valence-corrected chi connectivity index (χ3v) is 11.2. The number of amides is 1. The van der Waals surface area contributed by atoms with Crippen LogP contribution < -0.4 is 10.2 Å². The molecule has 164 valence electrons. The molecule has 0 aliphatic carbocycles. The second-order valence-electron chi connectivity index (χ2n) is 9.50. The molecule has 2 aromatic rings. The van der Waals surface area contributed by atoms with Gasteiger partial charge < -0.3 is 14.6 Å². The summed E-state index contributed by atoms with van der Waals surface area (Å²) in [5, 5.41) is 3.63. The summed E-state index contributed by atoms with van der Waals surface area (Å²) in [5.74, 6) is 0.620. The normalized spacial score (nSPS) is 18.7. The lowest BCUT2D eigenvalue weighted by Crippen LogP contribution is -2.44. The number of carbonyl (C=O) groups is 1. The van der Waals surface area contributed by atoms with Gasteiger partial charge in [-0.1, -0.05) is 32.4 Å². The minimum Gasteiger partial charge on any atom is -0.412 e. The van der Waals surface area contributed by atoms with Gasteiger partial charge in [0.1, 0.15) is 11.2 Å². The molecule has 0 saturated carbocycles. The van der Waals surface area contributed by atoms with Gasteiger partial charge in [-0.2, -0.15) is 0 Å². The Bertz CT molecular complexity index is 944. The summed E-state index contributed by atoms with van der Waals surface area (Å²) in [6.07, 6.45) is 1.23. The van der Waals surface area contributed by atoms with Crippen molar-refractivity contribution in [1.29, 1.82) is 0 Å². The van der Waals surface area contributed by atoms with Gasteiger partial charge in [-0.15, -0.1) is 11.6 Å². The number of aromatic nitrogens is 1. The summed E-state index contributed by atoms with van der Waals surface area (Å²) >= 11 is 12.2. The van der Waals surface area contributed by atoms with E-state index in [2.05, 4.69) is 44.1 Å². The second kappa shape index (κ2) is 8.65. The van der Waals surface area contributed by atoms with Crippen molar-refractivity contribution in [3.63, 3.8) is 0 Å². The number of carbonyl (C=O) groups excluding carboxylic acids is 1. The fourth-order valence-corrected chi connectivity index (χ4v) is 4.96. The van der Waals surface area contributed by atoms with Gasteiger partial charge in [0.2, 0.25) is 5.91 Å². The van der Waals surface area contributed by atoms with Crippen LogP contribution in [0.5, 0.6) is 0 Å². The molecule has 5 nitrogen and oxygen atoms in total. The van der Waals surface area contributed by atoms with E-state index < -0.39 is 13.7 Å². The average molecular weight is 469 g/mol. The fourth-order valence-electron chi connectivity index (χ4n) is 3.32. The van der Waals surface area contributed by atoms with Crippen molar-refractivity contribution in [2.45, 2.75) is 63.7 Å². The van der Waals surface area contributed by atoms with E-state index in [1.807, 2.05) is 18.2 Å². The van der Waals surface area contributed by atoms with Gasteiger partial charge in [-0.25, -0.2) is 4.98 Å². The molecule has 1 unspecified atom stereocenters. The van der Waals surface area contributed by atoms with Gasteiger partial charge in [-0.05, 0) is 55.7 Å². The van der Waals surface area contributed by atoms with Crippen LogP contribution in [0.3, 0.4) is 0 Å². The van der Waals surface area contributed by atoms with Crippen molar-refractivity contribution in [3.8, 4) is 0 Å². The van der Waals surface area contributed by atoms with E-state index in [1.165, 1.54) is 0 Å². The van der Waals surface area contributed by atoms with Gasteiger partial charge in [-0.3, -0.25) is 4.79 Å². The Morgan fingerprint density at radius 3 is 2.63 bits per heavy atom. The van der Waals surface area contributed by atoms with E-state index in [4.69, 9.17) is 32.6 Å². The molecule has 1 amide bonds. The van der Waals surface area contributed by atoms with Gasteiger partial charge in [0, 0.05) is 18.5 Å². The Morgan fingerprint density at radius 2 is 2.00 bits per heavy atom. The Kier molecular flexibility index (Phi) is 6.73. The van der Waals surface area contributed by atoms with Gasteiger partial charge in [0.05, 0.1) is 22.3 Å². The third kappa shape index (κ3) is 4.93. The lowest BCUT2D eigenvalue weighted by molar-refractivity contribution is -0.115. The molecule has 30 heavy (non-hydrogen) atoms. The number of hydrogen-bond acceptors (Lipinski definition) is 4. The van der Waals surface area contributed by atoms with Crippen molar-refractivity contribution in [2.75, 3.05) is 23.3 Å². The van der Waals surface area contributed by atoms with E-state index in [-0.39, 0.29) is 17.0 Å². The fraction of sp³-hybridized carbons (Fsp3) is 0.545. The molecule has 1 aromatic carbocycles. The Labute approximate surface area is 190 Å². The lowest BCUT2D eigenvalue weighted by Gasteiger charge is -2.38. The zero-order chi connectivity index (χ0) is 22.3. The Morgan fingerprint density at radius 1 is 1.30 bits per heavy atom. The number of hydrogen-bond donors (Lipinski definition) is 1. The monoisotopic (exact) mass is 467 g/mol. The maximum absolute atomic E-state index is 12.1. The van der Waals surface area contributed by atoms with E-state index in [9.17, 15) is 4.79 Å². The molecule has 1 saturated heterocycles. The maximum atomic E-state index is 12.1. The van der Waals surface area contributed by atoms with Crippen LogP contribution in [-0.2, 0) is 9.22 Å². The average Bonchev–Trinajstić information content (AvgIpc) is 3.10. The number of nitrogens with one attached hydrogen (secondary N) is 1. The molecular formula is C22H31Cl2N3O2Si. The van der Waals surface area contributed by atoms with Crippen LogP contribution in [-0.4, -0.2) is 43.8 Å². The largest absolute Gasteiger partial charge is 0.412 e. The summed E-state index contributed by atoms with van der Waals surface area (Å²) in [7, 11) is -1.80. The number of fused-ring (bicyclic) bond motifs is 1. The number of pyridine rings is 1. The van der Waals surface area contributed by atoms with E-state index >= 15 is 0 Å². The summed E-state index contributed by atoms with van der Waals surface area (Å²) in [4.78, 5) is 19.2. The maximum Gasteiger partial charge on any atom is 0.242 e. The van der Waals surface area contributed by atoms with Gasteiger partial charge >= 0.3 is 0 Å². The molecule has 2 atom stereocenters. The zero-order valence-corrected chi connectivity index (χ0v) is 21.1. The van der Waals surface area contributed by atoms with E-state index in [0.717, 1.165) is 36.2 Å². The molecule has 0 bridgehead atoms. The Hall–Kier alpha value is -1.34. The summed E-state index contributed by atoms with van der Waals surface area (Å²) in [6.45, 7) is 14.8. The number of nitrogens with zero attached hydrogens (tertiary/aromatic N) is 2. The summed E-state index contributed by atoms with van der Waals surface area (Å²) in [5.41, 5.74) is 1.33. The molecule has 1 aromatic heterocycles. The minimum absolute atomic E-state index is 0.197. The molecule has 1 fully saturated rings. The molecule has 0 radical (unpaired) electrons.